The van der Waals surface area contributed by atoms with Crippen LogP contribution in [-0.2, 0) is 4.43 Å². The van der Waals surface area contributed by atoms with Crippen LogP contribution in [0, 0.1) is 11.3 Å². The summed E-state index contributed by atoms with van der Waals surface area (Å²) in [7, 11) is -2.03. The van der Waals surface area contributed by atoms with Crippen LogP contribution in [0.25, 0.3) is 0 Å². The summed E-state index contributed by atoms with van der Waals surface area (Å²) in [6.07, 6.45) is 0. The number of carbonyl (C=O) groups is 1. The summed E-state index contributed by atoms with van der Waals surface area (Å²) in [5.41, 5.74) is 7.58. The number of hydrogen-bond donors (Lipinski definition) is 1. The molecule has 0 radical (unpaired) electrons. The molecule has 0 aromatic heterocycles. The Balaban J connectivity index is 3.50. The Labute approximate surface area is 159 Å². The predicted octanol–water partition coefficient (Wildman–Crippen LogP) is 5.30. The van der Waals surface area contributed by atoms with E-state index >= 15 is 0 Å². The van der Waals surface area contributed by atoms with Crippen molar-refractivity contribution in [2.45, 2.75) is 52.4 Å². The van der Waals surface area contributed by atoms with Crippen molar-refractivity contribution in [3.8, 4) is 5.75 Å². The van der Waals surface area contributed by atoms with Crippen molar-refractivity contribution in [2.75, 3.05) is 13.2 Å². The summed E-state index contributed by atoms with van der Waals surface area (Å²) in [5, 5.41) is 3.59. The van der Waals surface area contributed by atoms with Crippen LogP contribution in [0.4, 0.5) is 4.39 Å². The van der Waals surface area contributed by atoms with Gasteiger partial charge in [0.05, 0.1) is 29.4 Å². The number of nitrogens with one attached hydrogen (secondary N) is 1. The largest absolute Gasteiger partial charge is 0.493 e. The number of ether oxygens (including phenoxy) is 1. The minimum Gasteiger partial charge on any atom is -0.493 e. The van der Waals surface area contributed by atoms with Crippen molar-refractivity contribution in [2.24, 2.45) is 5.11 Å². The monoisotopic (exact) mass is 402 g/mol. The Bertz CT molecular complexity index is 722. The molecule has 26 heavy (non-hydrogen) atoms. The second-order valence-electron chi connectivity index (χ2n) is 6.75. The zero-order chi connectivity index (χ0) is 20.1. The molecule has 0 aliphatic heterocycles. The van der Waals surface area contributed by atoms with Crippen LogP contribution in [0.5, 0.6) is 5.75 Å². The van der Waals surface area contributed by atoms with Crippen LogP contribution in [0.3, 0.4) is 0 Å². The number of Topliss-reactive ketones (excluding diaryl/α,β-unsaturated/α-hetero) is 1. The molecule has 0 aliphatic rings. The van der Waals surface area contributed by atoms with Gasteiger partial charge in [-0.05, 0) is 38.5 Å². The average Bonchev–Trinajstić information content (AvgIpc) is 2.55. The molecule has 1 aromatic rings. The molecule has 9 heteroatoms. The minimum absolute atomic E-state index is 0.00546. The first-order valence-corrected chi connectivity index (χ1v) is 11.8. The number of ketones is 1. The Morgan fingerprint density at radius 2 is 2.08 bits per heavy atom. The van der Waals surface area contributed by atoms with E-state index in [2.05, 4.69) is 23.9 Å². The zero-order valence-corrected chi connectivity index (χ0v) is 17.8. The van der Waals surface area contributed by atoms with Gasteiger partial charge in [-0.3, -0.25) is 4.79 Å². The molecule has 0 amide bonds. The van der Waals surface area contributed by atoms with E-state index < -0.39 is 20.2 Å². The summed E-state index contributed by atoms with van der Waals surface area (Å²) in [4.78, 5) is 15.0. The lowest BCUT2D eigenvalue weighted by Crippen LogP contribution is -2.35. The van der Waals surface area contributed by atoms with Gasteiger partial charge in [-0.15, -0.1) is 0 Å². The van der Waals surface area contributed by atoms with Gasteiger partial charge in [-0.1, -0.05) is 25.4 Å². The van der Waals surface area contributed by atoms with E-state index in [1.807, 2.05) is 13.1 Å². The Morgan fingerprint density at radius 1 is 1.46 bits per heavy atom. The molecule has 1 N–H and O–H groups in total. The predicted molar refractivity (Wildman–Crippen MR) is 101 cm³/mol. The molecule has 1 aromatic carbocycles. The van der Waals surface area contributed by atoms with Crippen LogP contribution in [0.15, 0.2) is 11.2 Å². The molecule has 0 bridgehead atoms. The first-order valence-electron chi connectivity index (χ1n) is 8.42. The van der Waals surface area contributed by atoms with Crippen LogP contribution < -0.4 is 9.65 Å². The van der Waals surface area contributed by atoms with E-state index in [1.165, 1.54) is 13.0 Å². The highest BCUT2D eigenvalue weighted by Crippen LogP contribution is 2.38. The lowest BCUT2D eigenvalue weighted by Gasteiger charge is -2.28. The van der Waals surface area contributed by atoms with Gasteiger partial charge in [0, 0.05) is 0 Å². The lowest BCUT2D eigenvalue weighted by molar-refractivity contribution is 0.101. The third kappa shape index (κ3) is 5.20. The third-order valence-electron chi connectivity index (χ3n) is 4.41. The summed E-state index contributed by atoms with van der Waals surface area (Å²) >= 11 is 5.99. The zero-order valence-electron chi connectivity index (χ0n) is 16.0. The summed E-state index contributed by atoms with van der Waals surface area (Å²) in [6, 6.07) is 0.312. The van der Waals surface area contributed by atoms with E-state index in [0.29, 0.717) is 5.54 Å². The first-order chi connectivity index (χ1) is 12.1. The van der Waals surface area contributed by atoms with Crippen LogP contribution in [-0.4, -0.2) is 27.3 Å². The molecule has 1 atom stereocenters. The minimum atomic E-state index is -2.03. The molecular formula is C17H26ClFN3O3Si+. The fraction of sp³-hybridized carbons (Fsp3) is 0.588. The van der Waals surface area contributed by atoms with Gasteiger partial charge in [-0.2, -0.15) is 0 Å². The number of rotatable bonds is 9. The van der Waals surface area contributed by atoms with Gasteiger partial charge in [0.2, 0.25) is 4.91 Å². The highest BCUT2D eigenvalue weighted by Gasteiger charge is 2.34. The number of hydrogen-bond acceptors (Lipinski definition) is 5. The molecule has 1 unspecified atom stereocenters. The molecule has 0 saturated heterocycles. The van der Waals surface area contributed by atoms with E-state index in [1.54, 1.807) is 6.92 Å². The highest BCUT2D eigenvalue weighted by molar-refractivity contribution is 6.72. The number of benzene rings is 1. The Hall–Kier alpha value is -1.60. The van der Waals surface area contributed by atoms with Crippen LogP contribution >= 0.6 is 11.6 Å². The van der Waals surface area contributed by atoms with Crippen molar-refractivity contribution < 1.29 is 18.3 Å². The lowest BCUT2D eigenvalue weighted by atomic mass is 10.00. The molecular weight excluding hydrogens is 377 g/mol. The third-order valence-corrected chi connectivity index (χ3v) is 8.37. The Morgan fingerprint density at radius 3 is 2.54 bits per heavy atom. The SMILES string of the molecule is CCOc1c(C(C)=O)cc(Cl)c(F)c1C(CO[Si](C)(C)C(C)C)N=[N+]=N. The normalized spacial score (nSPS) is 12.7. The van der Waals surface area contributed by atoms with Crippen molar-refractivity contribution in [1.29, 1.82) is 5.53 Å². The number of carbonyl (C=O) groups excluding carboxylic acids is 1. The van der Waals surface area contributed by atoms with Crippen molar-refractivity contribution in [3.05, 3.63) is 28.0 Å². The summed E-state index contributed by atoms with van der Waals surface area (Å²) in [5.74, 6) is -0.979. The molecule has 0 spiro atoms. The molecule has 0 saturated carbocycles. The second kappa shape index (κ2) is 9.37. The van der Waals surface area contributed by atoms with E-state index in [0.717, 1.165) is 0 Å². The van der Waals surface area contributed by atoms with Crippen molar-refractivity contribution >= 4 is 25.7 Å². The van der Waals surface area contributed by atoms with Crippen LogP contribution in [0.1, 0.15) is 49.7 Å². The summed E-state index contributed by atoms with van der Waals surface area (Å²) in [6.45, 7) is 11.5. The smallest absolute Gasteiger partial charge is 0.214 e. The van der Waals surface area contributed by atoms with Gasteiger partial charge >= 0.3 is 0 Å². The fourth-order valence-corrected chi connectivity index (χ4v) is 3.32. The molecule has 6 nitrogen and oxygen atoms in total. The molecule has 1 rings (SSSR count). The van der Waals surface area contributed by atoms with E-state index in [4.69, 9.17) is 26.3 Å². The molecule has 144 valence electrons. The standard InChI is InChI=1S/C17H26ClFN3O3Si/c1-7-24-17-12(11(4)23)8-13(18)16(19)15(17)14(21-22-20)9-25-26(5,6)10(2)3/h8,10,14,20H,7,9H2,1-6H3/q+1. The quantitative estimate of drug-likeness (QED) is 0.263. The maximum absolute atomic E-state index is 14.9. The van der Waals surface area contributed by atoms with E-state index in [-0.39, 0.29) is 40.9 Å². The van der Waals surface area contributed by atoms with Gasteiger partial charge in [0.1, 0.15) is 16.4 Å². The fourth-order valence-electron chi connectivity index (χ4n) is 2.19. The number of nitrogens with zero attached hydrogens (tertiary/aromatic N) is 2. The van der Waals surface area contributed by atoms with E-state index in [9.17, 15) is 9.18 Å². The van der Waals surface area contributed by atoms with Gasteiger partial charge in [0.25, 0.3) is 0 Å². The Kier molecular flexibility index (Phi) is 8.08. The van der Waals surface area contributed by atoms with Gasteiger partial charge in [0.15, 0.2) is 26.0 Å². The molecule has 0 heterocycles. The summed E-state index contributed by atoms with van der Waals surface area (Å²) < 4.78 is 26.4. The van der Waals surface area contributed by atoms with Crippen LogP contribution in [0.2, 0.25) is 23.7 Å². The molecule has 0 fully saturated rings. The maximum Gasteiger partial charge on any atom is 0.214 e. The van der Waals surface area contributed by atoms with Crippen molar-refractivity contribution in [3.63, 3.8) is 0 Å². The van der Waals surface area contributed by atoms with Gasteiger partial charge in [-0.25, -0.2) is 4.39 Å². The maximum atomic E-state index is 14.9. The second-order valence-corrected chi connectivity index (χ2v) is 11.8. The van der Waals surface area contributed by atoms with Gasteiger partial charge < -0.3 is 9.16 Å². The number of halogens is 2. The average molecular weight is 403 g/mol. The first kappa shape index (κ1) is 22.4. The van der Waals surface area contributed by atoms with Crippen molar-refractivity contribution in [1.82, 2.24) is 4.91 Å². The topological polar surface area (TPSA) is 85.8 Å². The molecule has 0 aliphatic carbocycles. The highest BCUT2D eigenvalue weighted by atomic mass is 35.5.